The Balaban J connectivity index is 1.53. The third-order valence-corrected chi connectivity index (χ3v) is 5.63. The zero-order valence-electron chi connectivity index (χ0n) is 17.9. The summed E-state index contributed by atoms with van der Waals surface area (Å²) in [6.07, 6.45) is 1.64. The van der Waals surface area contributed by atoms with Gasteiger partial charge in [-0.2, -0.15) is 0 Å². The van der Waals surface area contributed by atoms with Gasteiger partial charge in [0.15, 0.2) is 0 Å². The molecule has 0 fully saturated rings. The van der Waals surface area contributed by atoms with Gasteiger partial charge in [0.05, 0.1) is 17.0 Å². The minimum absolute atomic E-state index is 0.0708. The number of carbonyl (C=O) groups excluding carboxylic acids is 3. The quantitative estimate of drug-likeness (QED) is 0.367. The topological polar surface area (TPSA) is 105 Å². The van der Waals surface area contributed by atoms with Crippen molar-refractivity contribution in [3.8, 4) is 11.3 Å². The van der Waals surface area contributed by atoms with Crippen molar-refractivity contribution in [3.63, 3.8) is 0 Å². The molecule has 0 aliphatic carbocycles. The van der Waals surface area contributed by atoms with Crippen LogP contribution >= 0.6 is 23.2 Å². The lowest BCUT2D eigenvalue weighted by Gasteiger charge is -2.10. The van der Waals surface area contributed by atoms with E-state index in [1.807, 2.05) is 6.07 Å². The smallest absolute Gasteiger partial charge is 0.288 e. The number of halogens is 2. The van der Waals surface area contributed by atoms with Gasteiger partial charge < -0.3 is 5.32 Å². The van der Waals surface area contributed by atoms with Crippen molar-refractivity contribution in [2.75, 3.05) is 7.05 Å². The Labute approximate surface area is 204 Å². The summed E-state index contributed by atoms with van der Waals surface area (Å²) in [4.78, 5) is 42.1. The molecule has 2 aromatic heterocycles. The highest BCUT2D eigenvalue weighted by atomic mass is 35.5. The summed E-state index contributed by atoms with van der Waals surface area (Å²) in [5.41, 5.74) is 7.67. The molecular formula is C24H19Cl2N5O3. The molecule has 2 aromatic carbocycles. The largest absolute Gasteiger partial charge is 0.355 e. The molecule has 172 valence electrons. The summed E-state index contributed by atoms with van der Waals surface area (Å²) in [5, 5.41) is 3.34. The molecule has 0 saturated carbocycles. The van der Waals surface area contributed by atoms with Crippen LogP contribution in [0.3, 0.4) is 0 Å². The Morgan fingerprint density at radius 2 is 1.71 bits per heavy atom. The van der Waals surface area contributed by atoms with E-state index < -0.39 is 11.8 Å². The predicted octanol–water partition coefficient (Wildman–Crippen LogP) is 3.67. The van der Waals surface area contributed by atoms with Crippen molar-refractivity contribution >= 4 is 46.6 Å². The van der Waals surface area contributed by atoms with Crippen LogP contribution in [0.1, 0.15) is 26.4 Å². The van der Waals surface area contributed by atoms with Crippen LogP contribution in [0.5, 0.6) is 0 Å². The van der Waals surface area contributed by atoms with Gasteiger partial charge in [-0.25, -0.2) is 4.98 Å². The maximum atomic E-state index is 13.1. The third-order valence-electron chi connectivity index (χ3n) is 5.05. The normalized spacial score (nSPS) is 10.7. The summed E-state index contributed by atoms with van der Waals surface area (Å²) in [6, 6.07) is 17.0. The molecule has 4 aromatic rings. The number of pyridine rings is 1. The summed E-state index contributed by atoms with van der Waals surface area (Å²) in [6.45, 7) is 0. The van der Waals surface area contributed by atoms with Crippen molar-refractivity contribution in [2.45, 2.75) is 6.42 Å². The zero-order chi connectivity index (χ0) is 24.2. The molecule has 0 aliphatic heterocycles. The van der Waals surface area contributed by atoms with Gasteiger partial charge >= 0.3 is 0 Å². The van der Waals surface area contributed by atoms with Crippen LogP contribution in [-0.4, -0.2) is 34.2 Å². The van der Waals surface area contributed by atoms with E-state index in [0.29, 0.717) is 27.5 Å². The zero-order valence-corrected chi connectivity index (χ0v) is 19.4. The van der Waals surface area contributed by atoms with Crippen molar-refractivity contribution < 1.29 is 14.4 Å². The average molecular weight is 496 g/mol. The van der Waals surface area contributed by atoms with Crippen molar-refractivity contribution in [2.24, 2.45) is 0 Å². The van der Waals surface area contributed by atoms with Crippen molar-refractivity contribution in [1.82, 2.24) is 25.6 Å². The van der Waals surface area contributed by atoms with Gasteiger partial charge in [0, 0.05) is 23.8 Å². The SMILES string of the molecule is CNC(=O)c1cc(CC(=O)NNC(=O)c2c(-c3ccc(Cl)cc3)nc3ccccn23)ccc1Cl. The van der Waals surface area contributed by atoms with E-state index in [-0.39, 0.29) is 28.6 Å². The molecule has 4 rings (SSSR count). The Morgan fingerprint density at radius 1 is 0.941 bits per heavy atom. The number of hydrazine groups is 1. The van der Waals surface area contributed by atoms with Crippen LogP contribution in [0.25, 0.3) is 16.9 Å². The Bertz CT molecular complexity index is 1400. The van der Waals surface area contributed by atoms with Crippen LogP contribution in [0.4, 0.5) is 0 Å². The van der Waals surface area contributed by atoms with Gasteiger partial charge in [0.2, 0.25) is 5.91 Å². The fourth-order valence-electron chi connectivity index (χ4n) is 3.43. The van der Waals surface area contributed by atoms with E-state index in [1.54, 1.807) is 59.1 Å². The summed E-state index contributed by atoms with van der Waals surface area (Å²) in [5.74, 6) is -1.37. The minimum Gasteiger partial charge on any atom is -0.355 e. The third kappa shape index (κ3) is 4.88. The molecule has 34 heavy (non-hydrogen) atoms. The second-order valence-electron chi connectivity index (χ2n) is 7.32. The van der Waals surface area contributed by atoms with E-state index in [0.717, 1.165) is 0 Å². The lowest BCUT2D eigenvalue weighted by molar-refractivity contribution is -0.121. The summed E-state index contributed by atoms with van der Waals surface area (Å²) in [7, 11) is 1.49. The molecule has 10 heteroatoms. The van der Waals surface area contributed by atoms with E-state index in [2.05, 4.69) is 21.2 Å². The van der Waals surface area contributed by atoms with Crippen LogP contribution in [-0.2, 0) is 11.2 Å². The molecule has 2 heterocycles. The first-order valence-corrected chi connectivity index (χ1v) is 11.0. The minimum atomic E-state index is -0.542. The van der Waals surface area contributed by atoms with Gasteiger partial charge in [-0.15, -0.1) is 0 Å². The van der Waals surface area contributed by atoms with E-state index in [1.165, 1.54) is 13.1 Å². The molecule has 0 spiro atoms. The van der Waals surface area contributed by atoms with E-state index in [9.17, 15) is 14.4 Å². The molecule has 0 atom stereocenters. The molecule has 8 nitrogen and oxygen atoms in total. The van der Waals surface area contributed by atoms with Crippen molar-refractivity contribution in [1.29, 1.82) is 0 Å². The van der Waals surface area contributed by atoms with Crippen molar-refractivity contribution in [3.05, 3.63) is 93.7 Å². The van der Waals surface area contributed by atoms with Gasteiger partial charge in [-0.3, -0.25) is 29.6 Å². The fraction of sp³-hybridized carbons (Fsp3) is 0.0833. The van der Waals surface area contributed by atoms with Crippen LogP contribution in [0.15, 0.2) is 66.9 Å². The van der Waals surface area contributed by atoms with E-state index >= 15 is 0 Å². The number of aromatic nitrogens is 2. The molecule has 0 saturated heterocycles. The standard InChI is InChI=1S/C24H19Cl2N5O3/c1-27-23(33)17-12-14(5-10-18(17)26)13-20(32)29-30-24(34)22-21(15-6-8-16(25)9-7-15)28-19-4-2-3-11-31(19)22/h2-12H,13H2,1H3,(H,27,33)(H,29,32)(H,30,34). The number of imidazole rings is 1. The second-order valence-corrected chi connectivity index (χ2v) is 8.16. The first kappa shape index (κ1) is 23.3. The highest BCUT2D eigenvalue weighted by Gasteiger charge is 2.21. The molecule has 0 radical (unpaired) electrons. The second kappa shape index (κ2) is 9.94. The van der Waals surface area contributed by atoms with Gasteiger partial charge in [-0.05, 0) is 42.0 Å². The lowest BCUT2D eigenvalue weighted by Crippen LogP contribution is -2.43. The predicted molar refractivity (Wildman–Crippen MR) is 130 cm³/mol. The molecule has 3 amide bonds. The number of fused-ring (bicyclic) bond motifs is 1. The van der Waals surface area contributed by atoms with Crippen LogP contribution in [0, 0.1) is 0 Å². The maximum absolute atomic E-state index is 13.1. The van der Waals surface area contributed by atoms with Crippen LogP contribution < -0.4 is 16.2 Å². The number of benzene rings is 2. The van der Waals surface area contributed by atoms with E-state index in [4.69, 9.17) is 23.2 Å². The Morgan fingerprint density at radius 3 is 2.44 bits per heavy atom. The maximum Gasteiger partial charge on any atom is 0.288 e. The monoisotopic (exact) mass is 495 g/mol. The molecule has 0 bridgehead atoms. The fourth-order valence-corrected chi connectivity index (χ4v) is 3.76. The number of amides is 3. The Hall–Kier alpha value is -3.88. The summed E-state index contributed by atoms with van der Waals surface area (Å²) < 4.78 is 1.64. The average Bonchev–Trinajstić information content (AvgIpc) is 3.23. The summed E-state index contributed by atoms with van der Waals surface area (Å²) >= 11 is 12.0. The Kier molecular flexibility index (Phi) is 6.81. The van der Waals surface area contributed by atoms with Gasteiger partial charge in [0.25, 0.3) is 11.8 Å². The number of nitrogens with zero attached hydrogens (tertiary/aromatic N) is 2. The van der Waals surface area contributed by atoms with Gasteiger partial charge in [-0.1, -0.05) is 47.5 Å². The number of rotatable bonds is 5. The first-order chi connectivity index (χ1) is 16.4. The lowest BCUT2D eigenvalue weighted by atomic mass is 10.1. The number of hydrogen-bond donors (Lipinski definition) is 3. The van der Waals surface area contributed by atoms with Gasteiger partial charge in [0.1, 0.15) is 17.0 Å². The van der Waals surface area contributed by atoms with Crippen LogP contribution in [0.2, 0.25) is 10.0 Å². The molecular weight excluding hydrogens is 477 g/mol. The highest BCUT2D eigenvalue weighted by Crippen LogP contribution is 2.26. The number of nitrogens with one attached hydrogen (secondary N) is 3. The number of hydrogen-bond acceptors (Lipinski definition) is 4. The highest BCUT2D eigenvalue weighted by molar-refractivity contribution is 6.33. The molecule has 0 aliphatic rings. The first-order valence-electron chi connectivity index (χ1n) is 10.2. The molecule has 3 N–H and O–H groups in total. The number of carbonyl (C=O) groups is 3. The molecule has 0 unspecified atom stereocenters.